The van der Waals surface area contributed by atoms with Gasteiger partial charge in [-0.25, -0.2) is 0 Å². The number of halogens is 2. The summed E-state index contributed by atoms with van der Waals surface area (Å²) in [7, 11) is 3.23. The van der Waals surface area contributed by atoms with Gasteiger partial charge in [0.15, 0.2) is 6.54 Å². The minimum absolute atomic E-state index is 0.103. The first kappa shape index (κ1) is 20.0. The third-order valence-electron chi connectivity index (χ3n) is 3.66. The molecule has 1 atom stereocenters. The fourth-order valence-corrected chi connectivity index (χ4v) is 2.82. The predicted molar refractivity (Wildman–Crippen MR) is 100 cm³/mol. The van der Waals surface area contributed by atoms with Gasteiger partial charge in [-0.3, -0.25) is 14.9 Å². The van der Waals surface area contributed by atoms with Crippen molar-refractivity contribution < 1.29 is 19.4 Å². The number of hydrogen-bond acceptors (Lipinski definition) is 4. The molecular weight excluding hydrogens is 381 g/mol. The van der Waals surface area contributed by atoms with E-state index in [1.54, 1.807) is 18.2 Å². The molecule has 0 radical (unpaired) electrons. The molecule has 0 saturated heterocycles. The van der Waals surface area contributed by atoms with Gasteiger partial charge < -0.3 is 15.0 Å². The number of carbonyl (C=O) groups is 1. The highest BCUT2D eigenvalue weighted by molar-refractivity contribution is 6.42. The zero-order valence-corrected chi connectivity index (χ0v) is 15.7. The molecule has 9 heteroatoms. The van der Waals surface area contributed by atoms with Crippen LogP contribution in [0.25, 0.3) is 0 Å². The number of nitrogens with zero attached hydrogens (tertiary/aromatic N) is 1. The zero-order chi connectivity index (χ0) is 19.3. The van der Waals surface area contributed by atoms with Gasteiger partial charge in [-0.15, -0.1) is 0 Å². The van der Waals surface area contributed by atoms with Crippen molar-refractivity contribution in [3.05, 3.63) is 62.1 Å². The summed E-state index contributed by atoms with van der Waals surface area (Å²) in [5.41, 5.74) is 0.711. The van der Waals surface area contributed by atoms with E-state index in [4.69, 9.17) is 27.9 Å². The van der Waals surface area contributed by atoms with E-state index in [-0.39, 0.29) is 23.8 Å². The lowest BCUT2D eigenvalue weighted by molar-refractivity contribution is -0.885. The maximum Gasteiger partial charge on any atom is 0.296 e. The van der Waals surface area contributed by atoms with Crippen LogP contribution in [-0.4, -0.2) is 31.5 Å². The summed E-state index contributed by atoms with van der Waals surface area (Å²) in [6.07, 6.45) is 0. The topological polar surface area (TPSA) is 85.9 Å². The van der Waals surface area contributed by atoms with Crippen LogP contribution in [0.3, 0.4) is 0 Å². The standard InChI is InChI=1S/C17H17Cl2N3O4/c1-21(9-11-4-3-5-13(18)17(11)19)10-16(23)20-14-7-6-12(26-2)8-15(14)22(24)25/h3-8H,9-10H2,1-2H3,(H,20,23)/p+1. The van der Waals surface area contributed by atoms with E-state index in [9.17, 15) is 14.9 Å². The molecule has 1 amide bonds. The molecule has 1 unspecified atom stereocenters. The average Bonchev–Trinajstić information content (AvgIpc) is 2.59. The number of likely N-dealkylation sites (N-methyl/N-ethyl adjacent to an activating group) is 1. The number of nitrogens with one attached hydrogen (secondary N) is 2. The Morgan fingerprint density at radius 1 is 1.31 bits per heavy atom. The first-order valence-electron chi connectivity index (χ1n) is 7.68. The number of nitro benzene ring substituents is 1. The summed E-state index contributed by atoms with van der Waals surface area (Å²) in [6, 6.07) is 9.57. The van der Waals surface area contributed by atoms with Crippen molar-refractivity contribution in [2.24, 2.45) is 0 Å². The fourth-order valence-electron chi connectivity index (χ4n) is 2.44. The Labute approximate surface area is 160 Å². The molecule has 0 aliphatic heterocycles. The Hall–Kier alpha value is -2.35. The van der Waals surface area contributed by atoms with Crippen molar-refractivity contribution in [1.82, 2.24) is 0 Å². The third-order valence-corrected chi connectivity index (χ3v) is 4.52. The van der Waals surface area contributed by atoms with Gasteiger partial charge in [-0.05, 0) is 18.2 Å². The number of nitro groups is 1. The summed E-state index contributed by atoms with van der Waals surface area (Å²) in [5.74, 6) is -0.0121. The summed E-state index contributed by atoms with van der Waals surface area (Å²) < 4.78 is 4.97. The highest BCUT2D eigenvalue weighted by atomic mass is 35.5. The lowest BCUT2D eigenvalue weighted by Crippen LogP contribution is -3.08. The molecule has 2 aromatic carbocycles. The van der Waals surface area contributed by atoms with Gasteiger partial charge in [0.05, 0.1) is 35.2 Å². The number of rotatable bonds is 7. The first-order chi connectivity index (χ1) is 12.3. The monoisotopic (exact) mass is 398 g/mol. The summed E-state index contributed by atoms with van der Waals surface area (Å²) >= 11 is 12.1. The average molecular weight is 399 g/mol. The molecule has 2 rings (SSSR count). The quantitative estimate of drug-likeness (QED) is 0.554. The van der Waals surface area contributed by atoms with Crippen LogP contribution in [0.15, 0.2) is 36.4 Å². The van der Waals surface area contributed by atoms with Crippen molar-refractivity contribution >= 4 is 40.5 Å². The number of ether oxygens (including phenoxy) is 1. The van der Waals surface area contributed by atoms with E-state index in [1.807, 2.05) is 13.1 Å². The van der Waals surface area contributed by atoms with Crippen LogP contribution in [0.2, 0.25) is 10.0 Å². The van der Waals surface area contributed by atoms with E-state index < -0.39 is 4.92 Å². The van der Waals surface area contributed by atoms with Gasteiger partial charge in [-0.1, -0.05) is 35.3 Å². The van der Waals surface area contributed by atoms with Gasteiger partial charge in [0.1, 0.15) is 18.0 Å². The van der Waals surface area contributed by atoms with Crippen molar-refractivity contribution in [3.63, 3.8) is 0 Å². The van der Waals surface area contributed by atoms with Crippen LogP contribution >= 0.6 is 23.2 Å². The summed E-state index contributed by atoms with van der Waals surface area (Å²) in [5, 5.41) is 14.7. The van der Waals surface area contributed by atoms with Crippen LogP contribution < -0.4 is 15.0 Å². The highest BCUT2D eigenvalue weighted by Crippen LogP contribution is 2.28. The minimum atomic E-state index is -0.569. The molecule has 0 heterocycles. The fraction of sp³-hybridized carbons (Fsp3) is 0.235. The second-order valence-electron chi connectivity index (χ2n) is 5.71. The number of quaternary nitrogens is 1. The molecule has 0 saturated carbocycles. The molecule has 26 heavy (non-hydrogen) atoms. The van der Waals surface area contributed by atoms with Gasteiger partial charge in [0, 0.05) is 5.56 Å². The van der Waals surface area contributed by atoms with Crippen LogP contribution in [0, 0.1) is 10.1 Å². The second-order valence-corrected chi connectivity index (χ2v) is 6.50. The van der Waals surface area contributed by atoms with Crippen molar-refractivity contribution in [2.75, 3.05) is 26.0 Å². The van der Waals surface area contributed by atoms with Crippen LogP contribution in [-0.2, 0) is 11.3 Å². The number of methoxy groups -OCH3 is 1. The van der Waals surface area contributed by atoms with E-state index in [0.29, 0.717) is 22.3 Å². The number of carbonyl (C=O) groups excluding carboxylic acids is 1. The zero-order valence-electron chi connectivity index (χ0n) is 14.2. The van der Waals surface area contributed by atoms with Gasteiger partial charge in [0.2, 0.25) is 0 Å². The Morgan fingerprint density at radius 2 is 2.04 bits per heavy atom. The van der Waals surface area contributed by atoms with Gasteiger partial charge in [0.25, 0.3) is 11.6 Å². The van der Waals surface area contributed by atoms with E-state index >= 15 is 0 Å². The molecule has 0 bridgehead atoms. The molecule has 0 spiro atoms. The van der Waals surface area contributed by atoms with Gasteiger partial charge in [-0.2, -0.15) is 0 Å². The normalized spacial score (nSPS) is 11.7. The highest BCUT2D eigenvalue weighted by Gasteiger charge is 2.19. The largest absolute Gasteiger partial charge is 0.496 e. The molecule has 0 aliphatic carbocycles. The Balaban J connectivity index is 2.04. The van der Waals surface area contributed by atoms with Crippen molar-refractivity contribution in [3.8, 4) is 5.75 Å². The number of benzene rings is 2. The van der Waals surface area contributed by atoms with Crippen LogP contribution in [0.5, 0.6) is 5.75 Å². The Kier molecular flexibility index (Phi) is 6.79. The van der Waals surface area contributed by atoms with E-state index in [0.717, 1.165) is 10.5 Å². The molecule has 138 valence electrons. The van der Waals surface area contributed by atoms with Gasteiger partial charge >= 0.3 is 0 Å². The Bertz CT molecular complexity index is 830. The summed E-state index contributed by atoms with van der Waals surface area (Å²) in [6.45, 7) is 0.587. The molecule has 2 N–H and O–H groups in total. The van der Waals surface area contributed by atoms with Crippen molar-refractivity contribution in [1.29, 1.82) is 0 Å². The SMILES string of the molecule is COc1ccc(NC(=O)C[NH+](C)Cc2cccc(Cl)c2Cl)c([N+](=O)[O-])c1. The van der Waals surface area contributed by atoms with Crippen LogP contribution in [0.4, 0.5) is 11.4 Å². The minimum Gasteiger partial charge on any atom is -0.496 e. The third kappa shape index (κ3) is 5.08. The van der Waals surface area contributed by atoms with E-state index in [2.05, 4.69) is 5.32 Å². The number of hydrogen-bond donors (Lipinski definition) is 2. The predicted octanol–water partition coefficient (Wildman–Crippen LogP) is 2.56. The molecule has 7 nitrogen and oxygen atoms in total. The smallest absolute Gasteiger partial charge is 0.296 e. The first-order valence-corrected chi connectivity index (χ1v) is 8.44. The molecule has 0 aromatic heterocycles. The second kappa shape index (κ2) is 8.84. The summed E-state index contributed by atoms with van der Waals surface area (Å²) in [4.78, 5) is 23.7. The van der Waals surface area contributed by atoms with E-state index in [1.165, 1.54) is 19.2 Å². The number of amides is 1. The molecular formula is C17H18Cl2N3O4+. The lowest BCUT2D eigenvalue weighted by Gasteiger charge is -2.15. The molecule has 0 aliphatic rings. The lowest BCUT2D eigenvalue weighted by atomic mass is 10.2. The van der Waals surface area contributed by atoms with Crippen molar-refractivity contribution in [2.45, 2.75) is 6.54 Å². The molecule has 0 fully saturated rings. The maximum atomic E-state index is 12.2. The Morgan fingerprint density at radius 3 is 2.69 bits per heavy atom. The molecule has 2 aromatic rings. The van der Waals surface area contributed by atoms with Crippen LogP contribution in [0.1, 0.15) is 5.56 Å². The maximum absolute atomic E-state index is 12.2. The number of anilines is 1.